The van der Waals surface area contributed by atoms with Crippen molar-refractivity contribution < 1.29 is 14.7 Å². The summed E-state index contributed by atoms with van der Waals surface area (Å²) in [7, 11) is 0. The van der Waals surface area contributed by atoms with Crippen molar-refractivity contribution in [1.29, 1.82) is 0 Å². The molecule has 1 rings (SSSR count). The van der Waals surface area contributed by atoms with E-state index in [1.54, 1.807) is 0 Å². The van der Waals surface area contributed by atoms with Gasteiger partial charge >= 0.3 is 5.97 Å². The van der Waals surface area contributed by atoms with Gasteiger partial charge in [-0.25, -0.2) is 0 Å². The lowest BCUT2D eigenvalue weighted by atomic mass is 9.81. The molecule has 0 aliphatic carbocycles. The maximum Gasteiger partial charge on any atom is 0.303 e. The Balaban J connectivity index is 2.49. The largest absolute Gasteiger partial charge is 0.481 e. The predicted octanol–water partition coefficient (Wildman–Crippen LogP) is 1.14. The van der Waals surface area contributed by atoms with Gasteiger partial charge in [0.15, 0.2) is 0 Å². The van der Waals surface area contributed by atoms with E-state index in [4.69, 9.17) is 5.11 Å². The van der Waals surface area contributed by atoms with Crippen molar-refractivity contribution in [3.8, 4) is 0 Å². The van der Waals surface area contributed by atoms with E-state index in [1.165, 1.54) is 0 Å². The van der Waals surface area contributed by atoms with Gasteiger partial charge in [-0.05, 0) is 32.7 Å². The molecule has 5 heteroatoms. The number of aliphatic carboxylic acids is 1. The highest BCUT2D eigenvalue weighted by Crippen LogP contribution is 2.31. The molecule has 0 radical (unpaired) electrons. The van der Waals surface area contributed by atoms with Crippen molar-refractivity contribution in [2.24, 2.45) is 5.41 Å². The predicted molar refractivity (Wildman–Crippen MR) is 69.3 cm³/mol. The molecule has 104 valence electrons. The third-order valence-corrected chi connectivity index (χ3v) is 3.62. The summed E-state index contributed by atoms with van der Waals surface area (Å²) < 4.78 is 0. The minimum atomic E-state index is -0.818. The minimum absolute atomic E-state index is 0.0761. The van der Waals surface area contributed by atoms with Crippen LogP contribution < -0.4 is 10.6 Å². The molecule has 1 amide bonds. The number of hydrogen-bond donors (Lipinski definition) is 3. The van der Waals surface area contributed by atoms with Crippen molar-refractivity contribution in [3.05, 3.63) is 0 Å². The molecule has 1 aliphatic rings. The van der Waals surface area contributed by atoms with Gasteiger partial charge in [-0.15, -0.1) is 0 Å². The Kier molecular flexibility index (Phi) is 5.59. The smallest absolute Gasteiger partial charge is 0.303 e. The molecule has 1 fully saturated rings. The van der Waals surface area contributed by atoms with E-state index in [0.29, 0.717) is 6.42 Å². The second-order valence-electron chi connectivity index (χ2n) is 5.26. The Morgan fingerprint density at radius 2 is 2.22 bits per heavy atom. The lowest BCUT2D eigenvalue weighted by Gasteiger charge is -2.28. The van der Waals surface area contributed by atoms with E-state index in [1.807, 2.05) is 6.92 Å². The Hall–Kier alpha value is -1.10. The van der Waals surface area contributed by atoms with Gasteiger partial charge in [0, 0.05) is 19.0 Å². The van der Waals surface area contributed by atoms with Gasteiger partial charge in [0.05, 0.1) is 5.41 Å². The zero-order valence-corrected chi connectivity index (χ0v) is 11.3. The van der Waals surface area contributed by atoms with Gasteiger partial charge in [0.25, 0.3) is 0 Å². The van der Waals surface area contributed by atoms with E-state index in [2.05, 4.69) is 17.6 Å². The normalized spacial score (nSPS) is 24.8. The Morgan fingerprint density at radius 3 is 2.72 bits per heavy atom. The van der Waals surface area contributed by atoms with Crippen molar-refractivity contribution in [2.75, 3.05) is 13.1 Å². The summed E-state index contributed by atoms with van der Waals surface area (Å²) in [6.45, 7) is 5.57. The van der Waals surface area contributed by atoms with Crippen molar-refractivity contribution in [2.45, 2.75) is 52.0 Å². The van der Waals surface area contributed by atoms with Crippen LogP contribution >= 0.6 is 0 Å². The van der Waals surface area contributed by atoms with Crippen LogP contribution in [0.2, 0.25) is 0 Å². The van der Waals surface area contributed by atoms with Crippen LogP contribution in [0.25, 0.3) is 0 Å². The molecule has 18 heavy (non-hydrogen) atoms. The fourth-order valence-corrected chi connectivity index (χ4v) is 2.53. The molecular weight excluding hydrogens is 232 g/mol. The van der Waals surface area contributed by atoms with Gasteiger partial charge in [0.2, 0.25) is 5.91 Å². The van der Waals surface area contributed by atoms with Gasteiger partial charge in [0.1, 0.15) is 0 Å². The molecule has 5 nitrogen and oxygen atoms in total. The van der Waals surface area contributed by atoms with E-state index in [-0.39, 0.29) is 23.8 Å². The third-order valence-electron chi connectivity index (χ3n) is 3.62. The number of rotatable bonds is 7. The van der Waals surface area contributed by atoms with Crippen LogP contribution in [0.15, 0.2) is 0 Å². The summed E-state index contributed by atoms with van der Waals surface area (Å²) in [5, 5.41) is 14.8. The van der Waals surface area contributed by atoms with Gasteiger partial charge in [-0.2, -0.15) is 0 Å². The van der Waals surface area contributed by atoms with Gasteiger partial charge in [-0.1, -0.05) is 13.3 Å². The summed E-state index contributed by atoms with van der Waals surface area (Å²) >= 11 is 0. The van der Waals surface area contributed by atoms with Crippen LogP contribution in [-0.4, -0.2) is 36.1 Å². The molecule has 3 N–H and O–H groups in total. The van der Waals surface area contributed by atoms with E-state index >= 15 is 0 Å². The summed E-state index contributed by atoms with van der Waals surface area (Å²) in [6.07, 6.45) is 3.32. The van der Waals surface area contributed by atoms with E-state index in [9.17, 15) is 9.59 Å². The van der Waals surface area contributed by atoms with Crippen LogP contribution in [0.5, 0.6) is 0 Å². The van der Waals surface area contributed by atoms with E-state index in [0.717, 1.165) is 32.4 Å². The number of carbonyl (C=O) groups is 2. The maximum atomic E-state index is 12.3. The molecule has 1 aliphatic heterocycles. The van der Waals surface area contributed by atoms with Crippen molar-refractivity contribution in [1.82, 2.24) is 10.6 Å². The van der Waals surface area contributed by atoms with Crippen LogP contribution in [0.4, 0.5) is 0 Å². The zero-order valence-electron chi connectivity index (χ0n) is 11.3. The molecule has 0 aromatic carbocycles. The Morgan fingerprint density at radius 1 is 1.50 bits per heavy atom. The highest BCUT2D eigenvalue weighted by molar-refractivity contribution is 5.83. The lowest BCUT2D eigenvalue weighted by molar-refractivity contribution is -0.138. The first-order valence-corrected chi connectivity index (χ1v) is 6.73. The molecule has 2 unspecified atom stereocenters. The molecule has 0 saturated carbocycles. The quantitative estimate of drug-likeness (QED) is 0.638. The SMILES string of the molecule is CCCC1(C(=O)NC(C)CCC(=O)O)CCNC1. The van der Waals surface area contributed by atoms with Crippen LogP contribution in [0.1, 0.15) is 46.0 Å². The van der Waals surface area contributed by atoms with Gasteiger partial charge in [-0.3, -0.25) is 9.59 Å². The van der Waals surface area contributed by atoms with Crippen molar-refractivity contribution >= 4 is 11.9 Å². The highest BCUT2D eigenvalue weighted by Gasteiger charge is 2.40. The maximum absolute atomic E-state index is 12.3. The third kappa shape index (κ3) is 3.98. The Labute approximate surface area is 108 Å². The summed E-state index contributed by atoms with van der Waals surface area (Å²) in [5.74, 6) is -0.742. The Bertz CT molecular complexity index is 299. The zero-order chi connectivity index (χ0) is 13.6. The topological polar surface area (TPSA) is 78.4 Å². The van der Waals surface area contributed by atoms with Crippen LogP contribution in [-0.2, 0) is 9.59 Å². The second kappa shape index (κ2) is 6.73. The molecule has 0 aromatic heterocycles. The molecular formula is C13H24N2O3. The number of carboxylic acid groups (broad SMARTS) is 1. The van der Waals surface area contributed by atoms with E-state index < -0.39 is 5.97 Å². The molecule has 0 aromatic rings. The second-order valence-corrected chi connectivity index (χ2v) is 5.26. The van der Waals surface area contributed by atoms with Gasteiger partial charge < -0.3 is 15.7 Å². The monoisotopic (exact) mass is 256 g/mol. The number of carbonyl (C=O) groups excluding carboxylic acids is 1. The average Bonchev–Trinajstić information content (AvgIpc) is 2.77. The molecule has 0 spiro atoms. The fraction of sp³-hybridized carbons (Fsp3) is 0.846. The number of hydrogen-bond acceptors (Lipinski definition) is 3. The number of amides is 1. The minimum Gasteiger partial charge on any atom is -0.481 e. The summed E-state index contributed by atoms with van der Waals surface area (Å²) in [4.78, 5) is 22.8. The average molecular weight is 256 g/mol. The summed E-state index contributed by atoms with van der Waals surface area (Å²) in [5.41, 5.74) is -0.285. The number of carboxylic acids is 1. The lowest BCUT2D eigenvalue weighted by Crippen LogP contribution is -2.46. The first kappa shape index (κ1) is 15.0. The fourth-order valence-electron chi connectivity index (χ4n) is 2.53. The standard InChI is InChI=1S/C13H24N2O3/c1-3-6-13(7-8-14-9-13)12(18)15-10(2)4-5-11(16)17/h10,14H,3-9H2,1-2H3,(H,15,18)(H,16,17). The molecule has 2 atom stereocenters. The number of nitrogens with one attached hydrogen (secondary N) is 2. The first-order chi connectivity index (χ1) is 8.50. The molecule has 1 heterocycles. The molecule has 1 saturated heterocycles. The van der Waals surface area contributed by atoms with Crippen LogP contribution in [0, 0.1) is 5.41 Å². The summed E-state index contributed by atoms with van der Waals surface area (Å²) in [6, 6.07) is -0.0806. The molecule has 0 bridgehead atoms. The van der Waals surface area contributed by atoms with Crippen LogP contribution in [0.3, 0.4) is 0 Å². The highest BCUT2D eigenvalue weighted by atomic mass is 16.4. The van der Waals surface area contributed by atoms with Crippen molar-refractivity contribution in [3.63, 3.8) is 0 Å². The first-order valence-electron chi connectivity index (χ1n) is 6.73.